The highest BCUT2D eigenvalue weighted by Gasteiger charge is 2.34. The first-order chi connectivity index (χ1) is 12.8. The summed E-state index contributed by atoms with van der Waals surface area (Å²) >= 11 is 0. The number of hydrogen-bond donors (Lipinski definition) is 2. The number of nitrogens with one attached hydrogen (secondary N) is 1. The smallest absolute Gasteiger partial charge is 0.303 e. The van der Waals surface area contributed by atoms with Gasteiger partial charge in [-0.15, -0.1) is 0 Å². The molecule has 1 aliphatic heterocycles. The molecule has 2 rings (SSSR count). The van der Waals surface area contributed by atoms with Crippen molar-refractivity contribution in [1.82, 2.24) is 9.62 Å². The van der Waals surface area contributed by atoms with Crippen LogP contribution in [0.1, 0.15) is 37.7 Å². The molecule has 1 atom stereocenters. The van der Waals surface area contributed by atoms with Crippen LogP contribution in [0.5, 0.6) is 5.75 Å². The minimum atomic E-state index is -3.41. The highest BCUT2D eigenvalue weighted by Crippen LogP contribution is 2.20. The molecule has 27 heavy (non-hydrogen) atoms. The number of nitrogens with zero attached hydrogens (tertiary/aromatic N) is 1. The quantitative estimate of drug-likeness (QED) is 0.607. The van der Waals surface area contributed by atoms with Crippen molar-refractivity contribution in [3.8, 4) is 5.75 Å². The lowest BCUT2D eigenvalue weighted by atomic mass is 10.0. The molecule has 1 fully saturated rings. The normalized spacial score (nSPS) is 18.0. The Morgan fingerprint density at radius 3 is 2.59 bits per heavy atom. The number of benzene rings is 1. The summed E-state index contributed by atoms with van der Waals surface area (Å²) in [6, 6.07) is 6.48. The van der Waals surface area contributed by atoms with E-state index in [-0.39, 0.29) is 12.3 Å². The number of piperidine rings is 1. The fourth-order valence-corrected chi connectivity index (χ4v) is 4.11. The van der Waals surface area contributed by atoms with Gasteiger partial charge in [0.25, 0.3) is 0 Å². The van der Waals surface area contributed by atoms with Crippen molar-refractivity contribution in [3.05, 3.63) is 29.8 Å². The molecular formula is C18H26N2O6S. The molecule has 1 aromatic rings. The predicted molar refractivity (Wildman–Crippen MR) is 99.8 cm³/mol. The van der Waals surface area contributed by atoms with E-state index in [4.69, 9.17) is 9.84 Å². The number of carbonyl (C=O) groups is 2. The molecule has 2 N–H and O–H groups in total. The van der Waals surface area contributed by atoms with Crippen molar-refractivity contribution in [1.29, 1.82) is 0 Å². The zero-order valence-electron chi connectivity index (χ0n) is 15.4. The molecule has 1 amide bonds. The standard InChI is InChI=1S/C18H26N2O6S/c1-27(24,25)20-11-3-2-5-16(20)18(23)19-13-14-7-9-15(10-8-14)26-12-4-6-17(21)22/h7-10,16H,2-6,11-13H2,1H3,(H,19,23)(H,21,22). The molecule has 1 aliphatic rings. The van der Waals surface area contributed by atoms with Gasteiger partial charge in [-0.25, -0.2) is 8.42 Å². The number of hydrogen-bond acceptors (Lipinski definition) is 5. The van der Waals surface area contributed by atoms with Crippen LogP contribution in [0.3, 0.4) is 0 Å². The zero-order valence-corrected chi connectivity index (χ0v) is 16.2. The minimum absolute atomic E-state index is 0.0653. The van der Waals surface area contributed by atoms with Gasteiger partial charge in [-0.05, 0) is 37.0 Å². The second-order valence-electron chi connectivity index (χ2n) is 6.59. The number of aliphatic carboxylic acids is 1. The van der Waals surface area contributed by atoms with E-state index in [1.807, 2.05) is 12.1 Å². The maximum atomic E-state index is 12.4. The SMILES string of the molecule is CS(=O)(=O)N1CCCCC1C(=O)NCc1ccc(OCCCC(=O)O)cc1. The summed E-state index contributed by atoms with van der Waals surface area (Å²) in [6.45, 7) is 1.00. The number of sulfonamides is 1. The van der Waals surface area contributed by atoms with Gasteiger partial charge in [-0.3, -0.25) is 9.59 Å². The largest absolute Gasteiger partial charge is 0.494 e. The highest BCUT2D eigenvalue weighted by molar-refractivity contribution is 7.88. The fourth-order valence-electron chi connectivity index (χ4n) is 2.99. The summed E-state index contributed by atoms with van der Waals surface area (Å²) in [7, 11) is -3.41. The van der Waals surface area contributed by atoms with Gasteiger partial charge >= 0.3 is 5.97 Å². The van der Waals surface area contributed by atoms with Crippen molar-refractivity contribution in [3.63, 3.8) is 0 Å². The number of ether oxygens (including phenoxy) is 1. The Bertz CT molecular complexity index is 748. The number of carbonyl (C=O) groups excluding carboxylic acids is 1. The molecule has 0 aliphatic carbocycles. The Morgan fingerprint density at radius 2 is 1.96 bits per heavy atom. The second-order valence-corrected chi connectivity index (χ2v) is 8.53. The van der Waals surface area contributed by atoms with E-state index in [1.54, 1.807) is 12.1 Å². The molecule has 0 spiro atoms. The van der Waals surface area contributed by atoms with Crippen molar-refractivity contribution < 1.29 is 27.9 Å². The average molecular weight is 398 g/mol. The second kappa shape index (κ2) is 9.70. The molecule has 1 aromatic carbocycles. The van der Waals surface area contributed by atoms with Crippen LogP contribution in [0.4, 0.5) is 0 Å². The van der Waals surface area contributed by atoms with E-state index in [1.165, 1.54) is 4.31 Å². The topological polar surface area (TPSA) is 113 Å². The van der Waals surface area contributed by atoms with Crippen LogP contribution in [0.2, 0.25) is 0 Å². The van der Waals surface area contributed by atoms with Crippen molar-refractivity contribution in [2.45, 2.75) is 44.7 Å². The molecule has 9 heteroatoms. The van der Waals surface area contributed by atoms with Gasteiger partial charge in [0.15, 0.2) is 0 Å². The third kappa shape index (κ3) is 6.84. The van der Waals surface area contributed by atoms with Crippen LogP contribution in [0.25, 0.3) is 0 Å². The Morgan fingerprint density at radius 1 is 1.26 bits per heavy atom. The number of rotatable bonds is 9. The molecule has 0 saturated carbocycles. The Balaban J connectivity index is 1.83. The zero-order chi connectivity index (χ0) is 19.9. The van der Waals surface area contributed by atoms with Gasteiger partial charge < -0.3 is 15.2 Å². The van der Waals surface area contributed by atoms with Gasteiger partial charge in [-0.1, -0.05) is 18.6 Å². The Labute approximate surface area is 159 Å². The lowest BCUT2D eigenvalue weighted by Crippen LogP contribution is -2.51. The van der Waals surface area contributed by atoms with E-state index in [9.17, 15) is 18.0 Å². The monoisotopic (exact) mass is 398 g/mol. The molecular weight excluding hydrogens is 372 g/mol. The lowest BCUT2D eigenvalue weighted by molar-refractivity contribution is -0.137. The summed E-state index contributed by atoms with van der Waals surface area (Å²) in [4.78, 5) is 22.9. The molecule has 150 valence electrons. The van der Waals surface area contributed by atoms with Crippen molar-refractivity contribution in [2.24, 2.45) is 0 Å². The summed E-state index contributed by atoms with van der Waals surface area (Å²) in [5.41, 5.74) is 0.864. The van der Waals surface area contributed by atoms with Crippen LogP contribution in [0, 0.1) is 0 Å². The van der Waals surface area contributed by atoms with Crippen molar-refractivity contribution in [2.75, 3.05) is 19.4 Å². The third-order valence-corrected chi connectivity index (χ3v) is 5.67. The summed E-state index contributed by atoms with van der Waals surface area (Å²) in [6.07, 6.45) is 3.76. The van der Waals surface area contributed by atoms with Crippen LogP contribution >= 0.6 is 0 Å². The molecule has 0 aromatic heterocycles. The van der Waals surface area contributed by atoms with Gasteiger partial charge in [0, 0.05) is 19.5 Å². The first-order valence-electron chi connectivity index (χ1n) is 8.95. The first-order valence-corrected chi connectivity index (χ1v) is 10.8. The predicted octanol–water partition coefficient (Wildman–Crippen LogP) is 1.36. The van der Waals surface area contributed by atoms with Gasteiger partial charge in [0.1, 0.15) is 11.8 Å². The van der Waals surface area contributed by atoms with Gasteiger partial charge in [0.05, 0.1) is 12.9 Å². The van der Waals surface area contributed by atoms with Crippen LogP contribution in [-0.4, -0.2) is 55.2 Å². The van der Waals surface area contributed by atoms with Crippen molar-refractivity contribution >= 4 is 21.9 Å². The van der Waals surface area contributed by atoms with E-state index in [0.29, 0.717) is 38.3 Å². The summed E-state index contributed by atoms with van der Waals surface area (Å²) in [5.74, 6) is -0.503. The average Bonchev–Trinajstić information content (AvgIpc) is 2.63. The summed E-state index contributed by atoms with van der Waals surface area (Å²) in [5, 5.41) is 11.4. The number of carboxylic acid groups (broad SMARTS) is 1. The van der Waals surface area contributed by atoms with E-state index < -0.39 is 22.0 Å². The minimum Gasteiger partial charge on any atom is -0.494 e. The highest BCUT2D eigenvalue weighted by atomic mass is 32.2. The third-order valence-electron chi connectivity index (χ3n) is 4.38. The molecule has 8 nitrogen and oxygen atoms in total. The first kappa shape index (κ1) is 21.2. The Kier molecular flexibility index (Phi) is 7.61. The molecule has 1 unspecified atom stereocenters. The van der Waals surface area contributed by atoms with Crippen LogP contribution < -0.4 is 10.1 Å². The van der Waals surface area contributed by atoms with E-state index in [0.717, 1.165) is 24.7 Å². The molecule has 1 saturated heterocycles. The fraction of sp³-hybridized carbons (Fsp3) is 0.556. The van der Waals surface area contributed by atoms with Gasteiger partial charge in [0.2, 0.25) is 15.9 Å². The lowest BCUT2D eigenvalue weighted by Gasteiger charge is -2.32. The summed E-state index contributed by atoms with van der Waals surface area (Å²) < 4.78 is 30.5. The van der Waals surface area contributed by atoms with Crippen LogP contribution in [0.15, 0.2) is 24.3 Å². The Hall–Kier alpha value is -2.13. The van der Waals surface area contributed by atoms with E-state index >= 15 is 0 Å². The maximum Gasteiger partial charge on any atom is 0.303 e. The van der Waals surface area contributed by atoms with Gasteiger partial charge in [-0.2, -0.15) is 4.31 Å². The molecule has 0 bridgehead atoms. The number of carboxylic acids is 1. The van der Waals surface area contributed by atoms with E-state index in [2.05, 4.69) is 5.32 Å². The molecule has 0 radical (unpaired) electrons. The number of amides is 1. The molecule has 1 heterocycles. The van der Waals surface area contributed by atoms with Crippen LogP contribution in [-0.2, 0) is 26.2 Å². The maximum absolute atomic E-state index is 12.4.